The lowest BCUT2D eigenvalue weighted by atomic mass is 9.97. The molecule has 3 heterocycles. The maximum Gasteiger partial charge on any atom is 0.167 e. The molecule has 0 saturated carbocycles. The molecule has 37 heavy (non-hydrogen) atoms. The summed E-state index contributed by atoms with van der Waals surface area (Å²) < 4.78 is 1.97. The number of likely N-dealkylation sites (N-methyl/N-ethyl adjacent to an activating group) is 1. The van der Waals surface area contributed by atoms with Crippen molar-refractivity contribution >= 4 is 11.4 Å². The molecule has 4 aromatic rings. The van der Waals surface area contributed by atoms with Gasteiger partial charge in [-0.2, -0.15) is 0 Å². The zero-order chi connectivity index (χ0) is 25.9. The van der Waals surface area contributed by atoms with E-state index in [4.69, 9.17) is 0 Å². The third-order valence-electron chi connectivity index (χ3n) is 7.45. The predicted molar refractivity (Wildman–Crippen MR) is 149 cm³/mol. The number of rotatable bonds is 6. The van der Waals surface area contributed by atoms with Crippen LogP contribution in [0, 0.1) is 25.7 Å². The highest BCUT2D eigenvalue weighted by Crippen LogP contribution is 2.20. The molecule has 0 radical (unpaired) electrons. The van der Waals surface area contributed by atoms with Crippen LogP contribution in [0.4, 0.5) is 0 Å². The minimum Gasteiger partial charge on any atom is -0.305 e. The summed E-state index contributed by atoms with van der Waals surface area (Å²) >= 11 is 0. The number of nitrogens with zero attached hydrogens (tertiary/aromatic N) is 4. The molecule has 1 fully saturated rings. The summed E-state index contributed by atoms with van der Waals surface area (Å²) in [6, 6.07) is 18.8. The van der Waals surface area contributed by atoms with Crippen molar-refractivity contribution in [3.8, 4) is 11.8 Å². The van der Waals surface area contributed by atoms with Gasteiger partial charge in [0.05, 0.1) is 6.20 Å². The van der Waals surface area contributed by atoms with E-state index < -0.39 is 0 Å². The molecule has 2 aromatic heterocycles. The molecule has 5 heteroatoms. The molecule has 2 aromatic carbocycles. The van der Waals surface area contributed by atoms with Crippen LogP contribution in [-0.2, 0) is 13.0 Å². The number of carbonyl (C=O) groups excluding carboxylic acids is 1. The van der Waals surface area contributed by atoms with Crippen LogP contribution in [0.5, 0.6) is 0 Å². The maximum atomic E-state index is 13.2. The van der Waals surface area contributed by atoms with E-state index in [9.17, 15) is 4.79 Å². The summed E-state index contributed by atoms with van der Waals surface area (Å²) in [7, 11) is 4.33. The number of aryl methyl sites for hydroxylation is 2. The van der Waals surface area contributed by atoms with Gasteiger partial charge in [-0.25, -0.2) is 4.98 Å². The fourth-order valence-corrected chi connectivity index (χ4v) is 5.04. The monoisotopic (exact) mass is 490 g/mol. The van der Waals surface area contributed by atoms with Gasteiger partial charge in [-0.05, 0) is 80.7 Å². The second-order valence-corrected chi connectivity index (χ2v) is 10.4. The van der Waals surface area contributed by atoms with E-state index in [1.807, 2.05) is 53.9 Å². The fourth-order valence-electron chi connectivity index (χ4n) is 5.04. The van der Waals surface area contributed by atoms with Gasteiger partial charge in [0.2, 0.25) is 0 Å². The van der Waals surface area contributed by atoms with Crippen molar-refractivity contribution in [2.24, 2.45) is 0 Å². The van der Waals surface area contributed by atoms with Crippen molar-refractivity contribution in [2.45, 2.75) is 39.3 Å². The normalized spacial score (nSPS) is 15.8. The molecule has 1 aliphatic rings. The van der Waals surface area contributed by atoms with Gasteiger partial charge in [-0.15, -0.1) is 0 Å². The molecule has 1 aliphatic heterocycles. The highest BCUT2D eigenvalue weighted by molar-refractivity contribution is 5.98. The van der Waals surface area contributed by atoms with Gasteiger partial charge < -0.3 is 4.90 Å². The van der Waals surface area contributed by atoms with Crippen molar-refractivity contribution in [1.29, 1.82) is 0 Å². The summed E-state index contributed by atoms with van der Waals surface area (Å²) in [5.74, 6) is 6.59. The lowest BCUT2D eigenvalue weighted by molar-refractivity contribution is 0.0993. The third-order valence-corrected chi connectivity index (χ3v) is 7.45. The molecule has 1 atom stereocenters. The molecule has 5 nitrogen and oxygen atoms in total. The van der Waals surface area contributed by atoms with Gasteiger partial charge >= 0.3 is 0 Å². The van der Waals surface area contributed by atoms with Crippen LogP contribution in [0.15, 0.2) is 67.0 Å². The van der Waals surface area contributed by atoms with E-state index >= 15 is 0 Å². The Bertz CT molecular complexity index is 1500. The summed E-state index contributed by atoms with van der Waals surface area (Å²) in [6.07, 6.45) is 5.35. The average molecular weight is 491 g/mol. The van der Waals surface area contributed by atoms with E-state index in [0.29, 0.717) is 18.0 Å². The number of benzene rings is 2. The largest absolute Gasteiger partial charge is 0.305 e. The molecular weight excluding hydrogens is 456 g/mol. The Morgan fingerprint density at radius 2 is 1.92 bits per heavy atom. The molecule has 0 spiro atoms. The summed E-state index contributed by atoms with van der Waals surface area (Å²) in [5.41, 5.74) is 7.96. The zero-order valence-corrected chi connectivity index (χ0v) is 22.2. The van der Waals surface area contributed by atoms with E-state index in [1.54, 1.807) is 6.20 Å². The minimum atomic E-state index is 0.110. The lowest BCUT2D eigenvalue weighted by Crippen LogP contribution is -2.31. The Hall–Kier alpha value is -3.72. The Morgan fingerprint density at radius 1 is 1.05 bits per heavy atom. The van der Waals surface area contributed by atoms with E-state index in [0.717, 1.165) is 47.7 Å². The van der Waals surface area contributed by atoms with Crippen LogP contribution in [0.25, 0.3) is 5.65 Å². The van der Waals surface area contributed by atoms with Crippen molar-refractivity contribution in [1.82, 2.24) is 19.2 Å². The van der Waals surface area contributed by atoms with Gasteiger partial charge in [0, 0.05) is 49.4 Å². The van der Waals surface area contributed by atoms with Gasteiger partial charge in [0.25, 0.3) is 0 Å². The summed E-state index contributed by atoms with van der Waals surface area (Å²) in [6.45, 7) is 7.40. The third kappa shape index (κ3) is 5.67. The number of hydrogen-bond acceptors (Lipinski definition) is 4. The first-order chi connectivity index (χ1) is 17.9. The molecule has 1 saturated heterocycles. The van der Waals surface area contributed by atoms with Gasteiger partial charge in [0.15, 0.2) is 5.78 Å². The van der Waals surface area contributed by atoms with Crippen LogP contribution in [0.2, 0.25) is 0 Å². The Labute approximate surface area is 219 Å². The second-order valence-electron chi connectivity index (χ2n) is 10.4. The highest BCUT2D eigenvalue weighted by Gasteiger charge is 2.24. The summed E-state index contributed by atoms with van der Waals surface area (Å²) in [5, 5.41) is 0. The number of aromatic nitrogens is 2. The van der Waals surface area contributed by atoms with Crippen molar-refractivity contribution < 1.29 is 4.79 Å². The molecule has 188 valence electrons. The number of Topliss-reactive ketones (excluding diaryl/α,β-unsaturated/α-hetero) is 1. The minimum absolute atomic E-state index is 0.110. The van der Waals surface area contributed by atoms with Crippen LogP contribution < -0.4 is 0 Å². The predicted octanol–water partition coefficient (Wildman–Crippen LogP) is 4.91. The SMILES string of the molecule is Cc1ccc(C(=O)Cc2ccc(CN3CCC(N(C)C)C3)c(C)c2)cc1C#Cc1cnc2ccccn12. The van der Waals surface area contributed by atoms with Crippen molar-refractivity contribution in [3.05, 3.63) is 106 Å². The van der Waals surface area contributed by atoms with Crippen LogP contribution in [0.1, 0.15) is 50.3 Å². The first-order valence-corrected chi connectivity index (χ1v) is 12.9. The number of hydrogen-bond donors (Lipinski definition) is 0. The molecular formula is C32H34N4O. The van der Waals surface area contributed by atoms with E-state index in [-0.39, 0.29) is 5.78 Å². The standard InChI is InChI=1S/C32H34N4O/c1-23-8-10-27(19-26(23)12-13-29-20-33-32-7-5-6-15-36(29)32)31(37)18-25-9-11-28(24(2)17-25)21-35-16-14-30(22-35)34(3)4/h5-11,15,17,19-20,30H,14,16,18,21-22H2,1-4H3. The number of likely N-dealkylation sites (tertiary alicyclic amines) is 1. The molecule has 5 rings (SSSR count). The molecule has 0 aliphatic carbocycles. The van der Waals surface area contributed by atoms with Crippen LogP contribution in [-0.4, -0.2) is 58.2 Å². The zero-order valence-electron chi connectivity index (χ0n) is 22.2. The molecule has 0 amide bonds. The highest BCUT2D eigenvalue weighted by atomic mass is 16.1. The van der Waals surface area contributed by atoms with Crippen molar-refractivity contribution in [2.75, 3.05) is 27.2 Å². The lowest BCUT2D eigenvalue weighted by Gasteiger charge is -2.21. The molecule has 0 N–H and O–H groups in total. The summed E-state index contributed by atoms with van der Waals surface area (Å²) in [4.78, 5) is 22.4. The van der Waals surface area contributed by atoms with E-state index in [1.165, 1.54) is 17.5 Å². The first-order valence-electron chi connectivity index (χ1n) is 12.9. The van der Waals surface area contributed by atoms with Crippen molar-refractivity contribution in [3.63, 3.8) is 0 Å². The maximum absolute atomic E-state index is 13.2. The van der Waals surface area contributed by atoms with Gasteiger partial charge in [0.1, 0.15) is 11.3 Å². The fraction of sp³-hybridized carbons (Fsp3) is 0.312. The second kappa shape index (κ2) is 10.7. The number of ketones is 1. The quantitative estimate of drug-likeness (QED) is 0.284. The van der Waals surface area contributed by atoms with Crippen LogP contribution >= 0.6 is 0 Å². The van der Waals surface area contributed by atoms with Gasteiger partial charge in [-0.1, -0.05) is 42.3 Å². The average Bonchev–Trinajstić information content (AvgIpc) is 3.52. The number of carbonyl (C=O) groups is 1. The smallest absolute Gasteiger partial charge is 0.167 e. The Morgan fingerprint density at radius 3 is 2.70 bits per heavy atom. The van der Waals surface area contributed by atoms with Crippen LogP contribution in [0.3, 0.4) is 0 Å². The number of pyridine rings is 1. The number of imidazole rings is 1. The molecule has 0 bridgehead atoms. The Balaban J connectivity index is 1.28. The van der Waals surface area contributed by atoms with Gasteiger partial charge in [-0.3, -0.25) is 14.1 Å². The molecule has 1 unspecified atom stereocenters. The van der Waals surface area contributed by atoms with E-state index in [2.05, 4.69) is 65.8 Å². The topological polar surface area (TPSA) is 40.9 Å². The first kappa shape index (κ1) is 25.0. The Kier molecular flexibility index (Phi) is 7.23. The number of fused-ring (bicyclic) bond motifs is 1.